The Balaban J connectivity index is 2.39. The van der Waals surface area contributed by atoms with E-state index >= 15 is 0 Å². The monoisotopic (exact) mass is 337 g/mol. The maximum Gasteiger partial charge on any atom is 0.193 e. The van der Waals surface area contributed by atoms with Crippen LogP contribution in [0, 0.1) is 0 Å². The lowest BCUT2D eigenvalue weighted by atomic mass is 10.3. The van der Waals surface area contributed by atoms with E-state index in [1.165, 1.54) is 0 Å². The van der Waals surface area contributed by atoms with E-state index in [0.717, 1.165) is 25.3 Å². The van der Waals surface area contributed by atoms with E-state index in [0.29, 0.717) is 17.9 Å². The Morgan fingerprint density at radius 2 is 2.00 bits per heavy atom. The van der Waals surface area contributed by atoms with Crippen LogP contribution < -0.4 is 5.32 Å². The molecule has 0 spiro atoms. The molecule has 128 valence electrons. The number of unbranched alkanes of at least 4 members (excludes halogenated alkanes) is 1. The molecule has 0 atom stereocenters. The van der Waals surface area contributed by atoms with Crippen molar-refractivity contribution in [2.75, 3.05) is 32.9 Å². The van der Waals surface area contributed by atoms with Gasteiger partial charge in [-0.25, -0.2) is 8.42 Å². The molecule has 1 aromatic rings. The van der Waals surface area contributed by atoms with Crippen molar-refractivity contribution in [3.63, 3.8) is 0 Å². The first-order chi connectivity index (χ1) is 11.0. The largest absolute Gasteiger partial charge is 0.356 e. The molecule has 0 aliphatic rings. The van der Waals surface area contributed by atoms with Crippen LogP contribution in [0.2, 0.25) is 0 Å². The van der Waals surface area contributed by atoms with E-state index in [2.05, 4.69) is 16.9 Å². The number of guanidine groups is 1. The molecule has 1 N–H and O–H groups in total. The minimum atomic E-state index is -3.21. The van der Waals surface area contributed by atoms with Gasteiger partial charge in [0.1, 0.15) is 0 Å². The lowest BCUT2D eigenvalue weighted by Gasteiger charge is -2.21. The molecule has 0 aliphatic heterocycles. The summed E-state index contributed by atoms with van der Waals surface area (Å²) in [5, 5.41) is 3.21. The smallest absolute Gasteiger partial charge is 0.193 e. The number of hydrogen-bond donors (Lipinski definition) is 1. The van der Waals surface area contributed by atoms with Crippen LogP contribution in [-0.4, -0.2) is 52.2 Å². The number of aliphatic imine (C=N–C) groups is 1. The Labute approximate surface area is 140 Å². The first kappa shape index (κ1) is 19.2. The summed E-state index contributed by atoms with van der Waals surface area (Å²) < 4.78 is 24.4. The van der Waals surface area contributed by atoms with E-state index in [1.807, 2.05) is 24.1 Å². The fourth-order valence-corrected chi connectivity index (χ4v) is 3.50. The van der Waals surface area contributed by atoms with Gasteiger partial charge in [-0.15, -0.1) is 6.58 Å². The van der Waals surface area contributed by atoms with E-state index in [9.17, 15) is 8.42 Å². The van der Waals surface area contributed by atoms with Crippen molar-refractivity contribution in [3.8, 4) is 0 Å². The third kappa shape index (κ3) is 6.86. The first-order valence-corrected chi connectivity index (χ1v) is 9.47. The lowest BCUT2D eigenvalue weighted by molar-refractivity contribution is 0.470. The molecule has 0 heterocycles. The molecule has 0 saturated carbocycles. The highest BCUT2D eigenvalue weighted by atomic mass is 32.2. The Morgan fingerprint density at radius 1 is 1.30 bits per heavy atom. The molecule has 1 rings (SSSR count). The predicted octanol–water partition coefficient (Wildman–Crippen LogP) is 2.32. The third-order valence-electron chi connectivity index (χ3n) is 3.45. The van der Waals surface area contributed by atoms with E-state index < -0.39 is 9.84 Å². The van der Waals surface area contributed by atoms with Crippen LogP contribution in [-0.2, 0) is 9.84 Å². The standard InChI is InChI=1S/C17H27N3O2S/c1-4-5-9-14-20(3)17(18-2)19-13-10-15-23(21,22)16-11-7-6-8-12-16/h4,6-8,11-12H,1,5,9-10,13-15H2,2-3H3,(H,18,19). The van der Waals surface area contributed by atoms with Crippen molar-refractivity contribution in [2.24, 2.45) is 4.99 Å². The maximum atomic E-state index is 12.2. The van der Waals surface area contributed by atoms with Crippen molar-refractivity contribution < 1.29 is 8.42 Å². The quantitative estimate of drug-likeness (QED) is 0.325. The number of benzene rings is 1. The van der Waals surface area contributed by atoms with Crippen LogP contribution in [0.4, 0.5) is 0 Å². The van der Waals surface area contributed by atoms with Gasteiger partial charge in [-0.3, -0.25) is 4.99 Å². The van der Waals surface area contributed by atoms with E-state index in [-0.39, 0.29) is 5.75 Å². The number of nitrogens with zero attached hydrogens (tertiary/aromatic N) is 2. The highest BCUT2D eigenvalue weighted by molar-refractivity contribution is 7.91. The summed E-state index contributed by atoms with van der Waals surface area (Å²) in [6, 6.07) is 8.56. The molecule has 0 aromatic heterocycles. The highest BCUT2D eigenvalue weighted by Crippen LogP contribution is 2.10. The summed E-state index contributed by atoms with van der Waals surface area (Å²) in [6.45, 7) is 5.17. The number of hydrogen-bond acceptors (Lipinski definition) is 3. The van der Waals surface area contributed by atoms with Crippen molar-refractivity contribution in [1.29, 1.82) is 0 Å². The number of nitrogens with one attached hydrogen (secondary N) is 1. The Morgan fingerprint density at radius 3 is 2.61 bits per heavy atom. The van der Waals surface area contributed by atoms with Gasteiger partial charge in [0.15, 0.2) is 15.8 Å². The molecular formula is C17H27N3O2S. The molecule has 0 fully saturated rings. The summed E-state index contributed by atoms with van der Waals surface area (Å²) >= 11 is 0. The predicted molar refractivity (Wildman–Crippen MR) is 96.5 cm³/mol. The Hall–Kier alpha value is -1.82. The molecule has 23 heavy (non-hydrogen) atoms. The van der Waals surface area contributed by atoms with Crippen LogP contribution in [0.1, 0.15) is 19.3 Å². The van der Waals surface area contributed by atoms with Crippen LogP contribution in [0.25, 0.3) is 0 Å². The molecule has 0 bridgehead atoms. The zero-order valence-corrected chi connectivity index (χ0v) is 14.8. The topological polar surface area (TPSA) is 61.8 Å². The fourth-order valence-electron chi connectivity index (χ4n) is 2.17. The van der Waals surface area contributed by atoms with Gasteiger partial charge < -0.3 is 10.2 Å². The zero-order chi connectivity index (χ0) is 17.1. The fraction of sp³-hybridized carbons (Fsp3) is 0.471. The first-order valence-electron chi connectivity index (χ1n) is 7.81. The summed E-state index contributed by atoms with van der Waals surface area (Å²) in [7, 11) is 0.493. The van der Waals surface area contributed by atoms with Crippen LogP contribution in [0.3, 0.4) is 0 Å². The molecule has 0 unspecified atom stereocenters. The summed E-state index contributed by atoms with van der Waals surface area (Å²) in [4.78, 5) is 6.63. The van der Waals surface area contributed by atoms with Crippen molar-refractivity contribution in [1.82, 2.24) is 10.2 Å². The van der Waals surface area contributed by atoms with Gasteiger partial charge in [0.2, 0.25) is 0 Å². The second kappa shape index (κ2) is 10.0. The van der Waals surface area contributed by atoms with Gasteiger partial charge in [0.05, 0.1) is 10.6 Å². The van der Waals surface area contributed by atoms with Gasteiger partial charge in [-0.1, -0.05) is 24.3 Å². The molecule has 6 heteroatoms. The number of rotatable bonds is 9. The van der Waals surface area contributed by atoms with Gasteiger partial charge in [-0.05, 0) is 31.4 Å². The minimum absolute atomic E-state index is 0.126. The normalized spacial score (nSPS) is 12.0. The average Bonchev–Trinajstić information content (AvgIpc) is 2.56. The van der Waals surface area contributed by atoms with Crippen molar-refractivity contribution in [2.45, 2.75) is 24.2 Å². The van der Waals surface area contributed by atoms with Crippen LogP contribution in [0.15, 0.2) is 52.9 Å². The maximum absolute atomic E-state index is 12.2. The van der Waals surface area contributed by atoms with Gasteiger partial charge >= 0.3 is 0 Å². The summed E-state index contributed by atoms with van der Waals surface area (Å²) in [5.74, 6) is 0.910. The lowest BCUT2D eigenvalue weighted by Crippen LogP contribution is -2.40. The highest BCUT2D eigenvalue weighted by Gasteiger charge is 2.13. The average molecular weight is 337 g/mol. The SMILES string of the molecule is C=CCCCN(C)C(=NC)NCCCS(=O)(=O)c1ccccc1. The van der Waals surface area contributed by atoms with E-state index in [1.54, 1.807) is 31.3 Å². The Bertz CT molecular complexity index is 598. The van der Waals surface area contributed by atoms with Crippen LogP contribution >= 0.6 is 0 Å². The van der Waals surface area contributed by atoms with Crippen molar-refractivity contribution in [3.05, 3.63) is 43.0 Å². The molecule has 0 aliphatic carbocycles. The molecule has 0 radical (unpaired) electrons. The number of sulfone groups is 1. The molecule has 0 saturated heterocycles. The number of allylic oxidation sites excluding steroid dienone is 1. The van der Waals surface area contributed by atoms with E-state index in [4.69, 9.17) is 0 Å². The molecule has 1 aromatic carbocycles. The van der Waals surface area contributed by atoms with Crippen molar-refractivity contribution >= 4 is 15.8 Å². The zero-order valence-electron chi connectivity index (χ0n) is 14.0. The van der Waals surface area contributed by atoms with Crippen LogP contribution in [0.5, 0.6) is 0 Å². The van der Waals surface area contributed by atoms with Gasteiger partial charge in [-0.2, -0.15) is 0 Å². The summed E-state index contributed by atoms with van der Waals surface area (Å²) in [5.41, 5.74) is 0. The second-order valence-corrected chi connectivity index (χ2v) is 7.42. The van der Waals surface area contributed by atoms with Gasteiger partial charge in [0, 0.05) is 27.2 Å². The second-order valence-electron chi connectivity index (χ2n) is 5.31. The molecule has 5 nitrogen and oxygen atoms in total. The minimum Gasteiger partial charge on any atom is -0.356 e. The third-order valence-corrected chi connectivity index (χ3v) is 5.27. The molecule has 0 amide bonds. The summed E-state index contributed by atoms with van der Waals surface area (Å²) in [6.07, 6.45) is 4.43. The van der Waals surface area contributed by atoms with Gasteiger partial charge in [0.25, 0.3) is 0 Å². The molecular weight excluding hydrogens is 310 g/mol. The Kier molecular flexibility index (Phi) is 8.40.